The number of sulfonamides is 1. The number of thiophene rings is 1. The Balaban J connectivity index is 2.82. The first-order chi connectivity index (χ1) is 9.78. The molecule has 0 saturated carbocycles. The molecular weight excluding hydrogens is 314 g/mol. The Hall–Kier alpha value is -0.960. The minimum Gasteiger partial charge on any atom is -0.481 e. The Morgan fingerprint density at radius 2 is 1.95 bits per heavy atom. The maximum Gasteiger partial charge on any atom is 0.308 e. The van der Waals surface area contributed by atoms with Crippen LogP contribution in [-0.2, 0) is 21.2 Å². The monoisotopic (exact) mass is 335 g/mol. The first-order valence-corrected chi connectivity index (χ1v) is 8.99. The van der Waals surface area contributed by atoms with Crippen LogP contribution in [0.4, 0.5) is 0 Å². The number of aliphatic hydroxyl groups is 1. The van der Waals surface area contributed by atoms with Gasteiger partial charge in [0.25, 0.3) is 0 Å². The molecule has 0 amide bonds. The van der Waals surface area contributed by atoms with Gasteiger partial charge in [0.05, 0.1) is 6.42 Å². The van der Waals surface area contributed by atoms with Crippen molar-refractivity contribution in [1.82, 2.24) is 4.72 Å². The lowest BCUT2D eigenvalue weighted by Gasteiger charge is -2.29. The number of nitrogens with one attached hydrogen (secondary N) is 1. The molecule has 0 unspecified atom stereocenters. The van der Waals surface area contributed by atoms with Crippen molar-refractivity contribution in [2.75, 3.05) is 13.2 Å². The van der Waals surface area contributed by atoms with E-state index in [0.29, 0.717) is 17.7 Å². The molecule has 21 heavy (non-hydrogen) atoms. The van der Waals surface area contributed by atoms with E-state index in [0.717, 1.165) is 11.3 Å². The van der Waals surface area contributed by atoms with E-state index < -0.39 is 21.4 Å². The van der Waals surface area contributed by atoms with Gasteiger partial charge >= 0.3 is 5.97 Å². The lowest BCUT2D eigenvalue weighted by Crippen LogP contribution is -2.39. The SMILES string of the molecule is CCC(CC)(CO)CNS(=O)(=O)c1ccc(CC(=O)O)s1. The van der Waals surface area contributed by atoms with Crippen LogP contribution in [0, 0.1) is 5.41 Å². The molecule has 1 aromatic heterocycles. The summed E-state index contributed by atoms with van der Waals surface area (Å²) in [5.74, 6) is -0.995. The maximum absolute atomic E-state index is 12.2. The van der Waals surface area contributed by atoms with E-state index in [1.807, 2.05) is 13.8 Å². The Labute approximate surface area is 128 Å². The highest BCUT2D eigenvalue weighted by molar-refractivity contribution is 7.91. The molecule has 6 nitrogen and oxygen atoms in total. The summed E-state index contributed by atoms with van der Waals surface area (Å²) in [7, 11) is -3.67. The van der Waals surface area contributed by atoms with E-state index in [9.17, 15) is 18.3 Å². The minimum atomic E-state index is -3.67. The van der Waals surface area contributed by atoms with Gasteiger partial charge in [0.1, 0.15) is 4.21 Å². The molecule has 0 bridgehead atoms. The smallest absolute Gasteiger partial charge is 0.308 e. The third-order valence-corrected chi connectivity index (χ3v) is 6.68. The number of hydrogen-bond donors (Lipinski definition) is 3. The average molecular weight is 335 g/mol. The van der Waals surface area contributed by atoms with Gasteiger partial charge in [0.2, 0.25) is 10.0 Å². The summed E-state index contributed by atoms with van der Waals surface area (Å²) in [6.45, 7) is 3.89. The van der Waals surface area contributed by atoms with Crippen molar-refractivity contribution >= 4 is 27.3 Å². The van der Waals surface area contributed by atoms with Gasteiger partial charge in [0.15, 0.2) is 0 Å². The summed E-state index contributed by atoms with van der Waals surface area (Å²) < 4.78 is 27.0. The van der Waals surface area contributed by atoms with Crippen molar-refractivity contribution in [1.29, 1.82) is 0 Å². The highest BCUT2D eigenvalue weighted by Gasteiger charge is 2.28. The van der Waals surface area contributed by atoms with Crippen molar-refractivity contribution in [3.05, 3.63) is 17.0 Å². The van der Waals surface area contributed by atoms with Crippen molar-refractivity contribution < 1.29 is 23.4 Å². The molecule has 1 aromatic rings. The van der Waals surface area contributed by atoms with Gasteiger partial charge in [0, 0.05) is 23.4 Å². The molecule has 3 N–H and O–H groups in total. The van der Waals surface area contributed by atoms with Gasteiger partial charge in [-0.05, 0) is 25.0 Å². The zero-order valence-corrected chi connectivity index (χ0v) is 13.8. The van der Waals surface area contributed by atoms with Crippen LogP contribution in [0.25, 0.3) is 0 Å². The normalized spacial score (nSPS) is 12.5. The van der Waals surface area contributed by atoms with Crippen molar-refractivity contribution in [3.8, 4) is 0 Å². The second-order valence-electron chi connectivity index (χ2n) is 4.98. The van der Waals surface area contributed by atoms with E-state index in [2.05, 4.69) is 4.72 Å². The molecule has 1 rings (SSSR count). The maximum atomic E-state index is 12.2. The molecule has 0 saturated heterocycles. The van der Waals surface area contributed by atoms with Crippen LogP contribution < -0.4 is 4.72 Å². The Morgan fingerprint density at radius 3 is 2.43 bits per heavy atom. The molecule has 0 atom stereocenters. The van der Waals surface area contributed by atoms with Crippen molar-refractivity contribution in [3.63, 3.8) is 0 Å². The number of aliphatic hydroxyl groups excluding tert-OH is 1. The predicted molar refractivity (Wildman–Crippen MR) is 80.9 cm³/mol. The first-order valence-electron chi connectivity index (χ1n) is 6.69. The molecule has 0 aliphatic heterocycles. The van der Waals surface area contributed by atoms with Crippen LogP contribution in [0.2, 0.25) is 0 Å². The third-order valence-electron chi connectivity index (χ3n) is 3.70. The molecule has 0 aliphatic rings. The van der Waals surface area contributed by atoms with E-state index in [4.69, 9.17) is 5.11 Å². The van der Waals surface area contributed by atoms with E-state index in [1.54, 1.807) is 0 Å². The Morgan fingerprint density at radius 1 is 1.33 bits per heavy atom. The topological polar surface area (TPSA) is 104 Å². The van der Waals surface area contributed by atoms with Gasteiger partial charge in [-0.2, -0.15) is 0 Å². The molecule has 0 aromatic carbocycles. The van der Waals surface area contributed by atoms with Crippen molar-refractivity contribution in [2.24, 2.45) is 5.41 Å². The molecule has 0 spiro atoms. The van der Waals surface area contributed by atoms with Crippen LogP contribution in [0.1, 0.15) is 31.6 Å². The quantitative estimate of drug-likeness (QED) is 0.634. The van der Waals surface area contributed by atoms with Gasteiger partial charge < -0.3 is 10.2 Å². The molecular formula is C13H21NO5S2. The largest absolute Gasteiger partial charge is 0.481 e. The van der Waals surface area contributed by atoms with Crippen LogP contribution in [0.3, 0.4) is 0 Å². The first kappa shape index (κ1) is 18.1. The fourth-order valence-corrected chi connectivity index (χ4v) is 4.39. The molecule has 120 valence electrons. The number of aliphatic carboxylic acids is 1. The number of carboxylic acid groups (broad SMARTS) is 1. The summed E-state index contributed by atoms with van der Waals surface area (Å²) in [6, 6.07) is 2.91. The van der Waals surface area contributed by atoms with E-state index in [1.165, 1.54) is 12.1 Å². The molecule has 0 fully saturated rings. The highest BCUT2D eigenvalue weighted by Crippen LogP contribution is 2.27. The lowest BCUT2D eigenvalue weighted by molar-refractivity contribution is -0.136. The Bertz CT molecular complexity index is 567. The fourth-order valence-electron chi connectivity index (χ4n) is 1.85. The van der Waals surface area contributed by atoms with E-state index in [-0.39, 0.29) is 23.8 Å². The van der Waals surface area contributed by atoms with E-state index >= 15 is 0 Å². The zero-order valence-electron chi connectivity index (χ0n) is 12.1. The summed E-state index contributed by atoms with van der Waals surface area (Å²) in [5, 5.41) is 18.1. The summed E-state index contributed by atoms with van der Waals surface area (Å²) in [4.78, 5) is 11.1. The van der Waals surface area contributed by atoms with Crippen molar-refractivity contribution in [2.45, 2.75) is 37.3 Å². The van der Waals surface area contributed by atoms with Crippen LogP contribution in [0.15, 0.2) is 16.3 Å². The molecule has 1 heterocycles. The molecule has 0 aliphatic carbocycles. The van der Waals surface area contributed by atoms with Gasteiger partial charge in [-0.3, -0.25) is 4.79 Å². The van der Waals surface area contributed by atoms with Gasteiger partial charge in [-0.25, -0.2) is 13.1 Å². The third kappa shape index (κ3) is 4.77. The summed E-state index contributed by atoms with van der Waals surface area (Å²) in [5.41, 5.74) is -0.464. The average Bonchev–Trinajstić information content (AvgIpc) is 2.89. The highest BCUT2D eigenvalue weighted by atomic mass is 32.2. The summed E-state index contributed by atoms with van der Waals surface area (Å²) in [6.07, 6.45) is 1.14. The lowest BCUT2D eigenvalue weighted by atomic mass is 9.84. The predicted octanol–water partition coefficient (Wildman–Crippen LogP) is 1.45. The standard InChI is InChI=1S/C13H21NO5S2/c1-3-13(4-2,9-15)8-14-21(18,19)12-6-5-10(20-12)7-11(16)17/h5-6,14-15H,3-4,7-9H2,1-2H3,(H,16,17). The van der Waals surface area contributed by atoms with Crippen LogP contribution in [-0.4, -0.2) is 37.8 Å². The van der Waals surface area contributed by atoms with Gasteiger partial charge in [-0.15, -0.1) is 11.3 Å². The number of hydrogen-bond acceptors (Lipinski definition) is 5. The number of carbonyl (C=O) groups is 1. The molecule has 8 heteroatoms. The second-order valence-corrected chi connectivity index (χ2v) is 8.14. The summed E-state index contributed by atoms with van der Waals surface area (Å²) >= 11 is 0.948. The minimum absolute atomic E-state index is 0.0861. The fraction of sp³-hybridized carbons (Fsp3) is 0.615. The second kappa shape index (κ2) is 7.35. The van der Waals surface area contributed by atoms with Crippen LogP contribution in [0.5, 0.6) is 0 Å². The zero-order chi connectivity index (χ0) is 16.1. The van der Waals surface area contributed by atoms with Crippen LogP contribution >= 0.6 is 11.3 Å². The molecule has 0 radical (unpaired) electrons. The number of rotatable bonds is 9. The Kier molecular flexibility index (Phi) is 6.33. The van der Waals surface area contributed by atoms with Gasteiger partial charge in [-0.1, -0.05) is 13.8 Å². The number of carboxylic acids is 1.